The van der Waals surface area contributed by atoms with Crippen molar-refractivity contribution in [1.29, 1.82) is 0 Å². The highest BCUT2D eigenvalue weighted by Gasteiger charge is 2.32. The summed E-state index contributed by atoms with van der Waals surface area (Å²) < 4.78 is 0. The van der Waals surface area contributed by atoms with Gasteiger partial charge in [-0.15, -0.1) is 0 Å². The van der Waals surface area contributed by atoms with Crippen molar-refractivity contribution in [3.8, 4) is 0 Å². The zero-order valence-electron chi connectivity index (χ0n) is 16.8. The average molecular weight is 338 g/mol. The van der Waals surface area contributed by atoms with Crippen molar-refractivity contribution in [1.82, 2.24) is 14.7 Å². The summed E-state index contributed by atoms with van der Waals surface area (Å²) in [5, 5.41) is 0. The van der Waals surface area contributed by atoms with Crippen LogP contribution >= 0.6 is 0 Å². The zero-order chi connectivity index (χ0) is 17.9. The monoisotopic (exact) mass is 337 g/mol. The summed E-state index contributed by atoms with van der Waals surface area (Å²) in [4.78, 5) is 19.6. The molecule has 2 fully saturated rings. The molecule has 4 heteroatoms. The highest BCUT2D eigenvalue weighted by Crippen LogP contribution is 2.23. The molecule has 0 radical (unpaired) electrons. The van der Waals surface area contributed by atoms with E-state index >= 15 is 0 Å². The summed E-state index contributed by atoms with van der Waals surface area (Å²) >= 11 is 0. The number of piperazine rings is 1. The van der Waals surface area contributed by atoms with Crippen LogP contribution < -0.4 is 0 Å². The summed E-state index contributed by atoms with van der Waals surface area (Å²) in [6, 6.07) is 1.94. The van der Waals surface area contributed by atoms with Crippen molar-refractivity contribution in [3.63, 3.8) is 0 Å². The molecule has 2 atom stereocenters. The van der Waals surface area contributed by atoms with Crippen LogP contribution in [0.3, 0.4) is 0 Å². The van der Waals surface area contributed by atoms with E-state index in [2.05, 4.69) is 42.4 Å². The molecule has 24 heavy (non-hydrogen) atoms. The SMILES string of the molecule is CC(C)C(=O)CN1CCC(CN2C[C@@H](C)N(C(C)C)[C@H](C)C2)CC1. The minimum atomic E-state index is 0.169. The van der Waals surface area contributed by atoms with Gasteiger partial charge in [0.25, 0.3) is 0 Å². The first-order valence-corrected chi connectivity index (χ1v) is 10.0. The number of carbonyl (C=O) groups is 1. The third kappa shape index (κ3) is 5.27. The predicted molar refractivity (Wildman–Crippen MR) is 101 cm³/mol. The third-order valence-electron chi connectivity index (χ3n) is 5.91. The number of carbonyl (C=O) groups excluding carboxylic acids is 1. The summed E-state index contributed by atoms with van der Waals surface area (Å²) in [7, 11) is 0. The number of hydrogen-bond donors (Lipinski definition) is 0. The largest absolute Gasteiger partial charge is 0.300 e. The molecule has 0 spiro atoms. The van der Waals surface area contributed by atoms with Gasteiger partial charge in [-0.25, -0.2) is 0 Å². The molecule has 2 rings (SSSR count). The molecule has 2 aliphatic heterocycles. The van der Waals surface area contributed by atoms with E-state index in [1.165, 1.54) is 32.5 Å². The summed E-state index contributed by atoms with van der Waals surface area (Å²) in [6.07, 6.45) is 2.50. The second kappa shape index (κ2) is 8.77. The van der Waals surface area contributed by atoms with Crippen LogP contribution in [0.15, 0.2) is 0 Å². The van der Waals surface area contributed by atoms with Crippen LogP contribution in [0.25, 0.3) is 0 Å². The van der Waals surface area contributed by atoms with Crippen LogP contribution in [0.1, 0.15) is 54.4 Å². The van der Waals surface area contributed by atoms with Gasteiger partial charge in [0.05, 0.1) is 6.54 Å². The molecule has 2 saturated heterocycles. The van der Waals surface area contributed by atoms with E-state index in [-0.39, 0.29) is 5.92 Å². The van der Waals surface area contributed by atoms with Crippen LogP contribution in [0.5, 0.6) is 0 Å². The number of Topliss-reactive ketones (excluding diaryl/α,β-unsaturated/α-hetero) is 1. The molecule has 0 aromatic carbocycles. The fraction of sp³-hybridized carbons (Fsp3) is 0.950. The van der Waals surface area contributed by atoms with Gasteiger partial charge in [0.1, 0.15) is 5.78 Å². The molecule has 0 saturated carbocycles. The first-order valence-electron chi connectivity index (χ1n) is 10.0. The van der Waals surface area contributed by atoms with E-state index in [4.69, 9.17) is 0 Å². The number of ketones is 1. The molecule has 0 N–H and O–H groups in total. The molecule has 0 unspecified atom stereocenters. The first-order chi connectivity index (χ1) is 11.3. The Morgan fingerprint density at radius 2 is 1.50 bits per heavy atom. The lowest BCUT2D eigenvalue weighted by molar-refractivity contribution is -0.123. The Morgan fingerprint density at radius 3 is 1.96 bits per heavy atom. The van der Waals surface area contributed by atoms with Crippen molar-refractivity contribution in [2.24, 2.45) is 11.8 Å². The Morgan fingerprint density at radius 1 is 0.958 bits per heavy atom. The lowest BCUT2D eigenvalue weighted by Gasteiger charge is -2.47. The Bertz CT molecular complexity index is 390. The van der Waals surface area contributed by atoms with E-state index in [1.54, 1.807) is 0 Å². The molecular weight excluding hydrogens is 298 g/mol. The molecule has 4 nitrogen and oxygen atoms in total. The maximum atomic E-state index is 11.9. The Kier molecular flexibility index (Phi) is 7.26. The van der Waals surface area contributed by atoms with Crippen molar-refractivity contribution in [2.75, 3.05) is 39.3 Å². The highest BCUT2D eigenvalue weighted by atomic mass is 16.1. The van der Waals surface area contributed by atoms with Gasteiger partial charge in [-0.1, -0.05) is 13.8 Å². The molecule has 0 aliphatic carbocycles. The molecule has 0 aromatic rings. The summed E-state index contributed by atoms with van der Waals surface area (Å²) in [5.74, 6) is 1.37. The average Bonchev–Trinajstić information content (AvgIpc) is 2.48. The molecule has 0 aromatic heterocycles. The predicted octanol–water partition coefficient (Wildman–Crippen LogP) is 2.73. The number of nitrogens with zero attached hydrogens (tertiary/aromatic N) is 3. The molecular formula is C20H39N3O. The lowest BCUT2D eigenvalue weighted by atomic mass is 9.94. The second-order valence-electron chi connectivity index (χ2n) is 8.80. The molecule has 2 aliphatic rings. The Labute approximate surface area is 149 Å². The standard InChI is InChI=1S/C20H39N3O/c1-15(2)20(24)14-21-9-7-19(8-10-21)13-22-11-17(5)23(16(3)4)18(6)12-22/h15-19H,7-14H2,1-6H3/t17-,18-/m1/s1. The van der Waals surface area contributed by atoms with Crippen molar-refractivity contribution < 1.29 is 4.79 Å². The van der Waals surface area contributed by atoms with Gasteiger partial charge in [0.15, 0.2) is 0 Å². The van der Waals surface area contributed by atoms with Gasteiger partial charge in [-0.3, -0.25) is 19.5 Å². The van der Waals surface area contributed by atoms with Crippen LogP contribution in [0.4, 0.5) is 0 Å². The summed E-state index contributed by atoms with van der Waals surface area (Å²) in [5.41, 5.74) is 0. The van der Waals surface area contributed by atoms with Gasteiger partial charge < -0.3 is 0 Å². The fourth-order valence-electron chi connectivity index (χ4n) is 4.71. The minimum absolute atomic E-state index is 0.169. The van der Waals surface area contributed by atoms with Crippen LogP contribution in [0, 0.1) is 11.8 Å². The third-order valence-corrected chi connectivity index (χ3v) is 5.91. The minimum Gasteiger partial charge on any atom is -0.300 e. The van der Waals surface area contributed by atoms with Crippen molar-refractivity contribution >= 4 is 5.78 Å². The van der Waals surface area contributed by atoms with Crippen molar-refractivity contribution in [2.45, 2.75) is 72.5 Å². The van der Waals surface area contributed by atoms with Gasteiger partial charge >= 0.3 is 0 Å². The maximum Gasteiger partial charge on any atom is 0.149 e. The summed E-state index contributed by atoms with van der Waals surface area (Å²) in [6.45, 7) is 19.9. The Balaban J connectivity index is 1.75. The number of rotatable bonds is 6. The van der Waals surface area contributed by atoms with Gasteiger partial charge in [-0.05, 0) is 59.5 Å². The topological polar surface area (TPSA) is 26.8 Å². The number of piperidine rings is 1. The normalized spacial score (nSPS) is 28.8. The van der Waals surface area contributed by atoms with Crippen LogP contribution in [-0.4, -0.2) is 77.9 Å². The van der Waals surface area contributed by atoms with Gasteiger partial charge in [-0.2, -0.15) is 0 Å². The molecule has 140 valence electrons. The first kappa shape index (κ1) is 19.9. The number of hydrogen-bond acceptors (Lipinski definition) is 4. The maximum absolute atomic E-state index is 11.9. The van der Waals surface area contributed by atoms with Crippen molar-refractivity contribution in [3.05, 3.63) is 0 Å². The van der Waals surface area contributed by atoms with E-state index in [1.807, 2.05) is 13.8 Å². The smallest absolute Gasteiger partial charge is 0.149 e. The highest BCUT2D eigenvalue weighted by molar-refractivity contribution is 5.82. The van der Waals surface area contributed by atoms with Gasteiger partial charge in [0.2, 0.25) is 0 Å². The molecule has 0 bridgehead atoms. The van der Waals surface area contributed by atoms with Crippen LogP contribution in [0.2, 0.25) is 0 Å². The number of likely N-dealkylation sites (tertiary alicyclic amines) is 1. The fourth-order valence-corrected chi connectivity index (χ4v) is 4.71. The Hall–Kier alpha value is -0.450. The molecule has 0 amide bonds. The van der Waals surface area contributed by atoms with E-state index in [0.717, 1.165) is 19.0 Å². The quantitative estimate of drug-likeness (QED) is 0.745. The zero-order valence-corrected chi connectivity index (χ0v) is 16.8. The molecule has 2 heterocycles. The van der Waals surface area contributed by atoms with E-state index in [9.17, 15) is 4.79 Å². The van der Waals surface area contributed by atoms with Gasteiger partial charge in [0, 0.05) is 43.7 Å². The second-order valence-corrected chi connectivity index (χ2v) is 8.80. The van der Waals surface area contributed by atoms with Crippen LogP contribution in [-0.2, 0) is 4.79 Å². The lowest BCUT2D eigenvalue weighted by Crippen LogP contribution is -2.59. The van der Waals surface area contributed by atoms with E-state index in [0.29, 0.717) is 30.5 Å². The van der Waals surface area contributed by atoms with E-state index < -0.39 is 0 Å².